The highest BCUT2D eigenvalue weighted by Gasteiger charge is 2.38. The number of hydrogen-bond donors (Lipinski definition) is 2. The maximum Gasteiger partial charge on any atom is 0.165 e. The largest absolute Gasteiger partial charge is 0.484 e. The van der Waals surface area contributed by atoms with Crippen molar-refractivity contribution in [1.82, 2.24) is 5.32 Å². The van der Waals surface area contributed by atoms with Gasteiger partial charge in [0.15, 0.2) is 21.4 Å². The SMILES string of the molecule is CC(C)NCc1ccc(OC2CS(=O)(=O)CC2O)c(F)c1. The Morgan fingerprint density at radius 3 is 2.67 bits per heavy atom. The van der Waals surface area contributed by atoms with Crippen LogP contribution in [0.2, 0.25) is 0 Å². The van der Waals surface area contributed by atoms with Crippen LogP contribution in [0.3, 0.4) is 0 Å². The molecule has 0 aromatic heterocycles. The van der Waals surface area contributed by atoms with E-state index in [-0.39, 0.29) is 17.3 Å². The molecule has 118 valence electrons. The van der Waals surface area contributed by atoms with Crippen molar-refractivity contribution in [3.8, 4) is 5.75 Å². The second kappa shape index (κ2) is 6.29. The van der Waals surface area contributed by atoms with Gasteiger partial charge in [0.25, 0.3) is 0 Å². The quantitative estimate of drug-likeness (QED) is 0.842. The van der Waals surface area contributed by atoms with Gasteiger partial charge in [0.05, 0.1) is 11.5 Å². The Morgan fingerprint density at radius 1 is 1.43 bits per heavy atom. The predicted molar refractivity (Wildman–Crippen MR) is 77.5 cm³/mol. The van der Waals surface area contributed by atoms with Crippen LogP contribution in [0.5, 0.6) is 5.75 Å². The lowest BCUT2D eigenvalue weighted by atomic mass is 10.2. The van der Waals surface area contributed by atoms with Crippen molar-refractivity contribution >= 4 is 9.84 Å². The molecule has 0 radical (unpaired) electrons. The predicted octanol–water partition coefficient (Wildman–Crippen LogP) is 0.860. The first-order valence-electron chi connectivity index (χ1n) is 6.84. The molecule has 1 saturated heterocycles. The van der Waals surface area contributed by atoms with E-state index >= 15 is 0 Å². The fourth-order valence-electron chi connectivity index (χ4n) is 2.14. The maximum atomic E-state index is 14.0. The van der Waals surface area contributed by atoms with Crippen LogP contribution in [0.1, 0.15) is 19.4 Å². The molecule has 1 heterocycles. The van der Waals surface area contributed by atoms with Gasteiger partial charge in [-0.05, 0) is 17.7 Å². The zero-order valence-electron chi connectivity index (χ0n) is 12.0. The third kappa shape index (κ3) is 4.39. The van der Waals surface area contributed by atoms with Crippen LogP contribution in [0.15, 0.2) is 18.2 Å². The zero-order valence-corrected chi connectivity index (χ0v) is 12.9. The van der Waals surface area contributed by atoms with E-state index in [1.165, 1.54) is 12.1 Å². The molecule has 1 aromatic rings. The van der Waals surface area contributed by atoms with Crippen molar-refractivity contribution in [2.45, 2.75) is 38.6 Å². The van der Waals surface area contributed by atoms with Crippen LogP contribution in [-0.4, -0.2) is 43.3 Å². The Morgan fingerprint density at radius 2 is 2.14 bits per heavy atom. The average molecular weight is 317 g/mol. The van der Waals surface area contributed by atoms with E-state index in [2.05, 4.69) is 5.32 Å². The summed E-state index contributed by atoms with van der Waals surface area (Å²) in [6.07, 6.45) is -2.03. The first-order chi connectivity index (χ1) is 9.77. The van der Waals surface area contributed by atoms with E-state index in [0.29, 0.717) is 12.6 Å². The maximum absolute atomic E-state index is 14.0. The lowest BCUT2D eigenvalue weighted by Crippen LogP contribution is -2.30. The molecule has 2 atom stereocenters. The number of halogens is 1. The number of sulfone groups is 1. The van der Waals surface area contributed by atoms with Crippen LogP contribution in [0.4, 0.5) is 4.39 Å². The Bertz CT molecular complexity index is 603. The molecule has 0 aliphatic carbocycles. The minimum atomic E-state index is -3.31. The molecule has 2 unspecified atom stereocenters. The molecule has 1 aliphatic heterocycles. The van der Waals surface area contributed by atoms with E-state index in [4.69, 9.17) is 4.74 Å². The zero-order chi connectivity index (χ0) is 15.6. The van der Waals surface area contributed by atoms with Gasteiger partial charge in [0, 0.05) is 12.6 Å². The lowest BCUT2D eigenvalue weighted by Gasteiger charge is -2.17. The Balaban J connectivity index is 2.04. The monoisotopic (exact) mass is 317 g/mol. The molecule has 1 fully saturated rings. The smallest absolute Gasteiger partial charge is 0.165 e. The molecule has 5 nitrogen and oxygen atoms in total. The third-order valence-electron chi connectivity index (χ3n) is 3.26. The van der Waals surface area contributed by atoms with E-state index in [1.807, 2.05) is 13.8 Å². The van der Waals surface area contributed by atoms with Crippen LogP contribution < -0.4 is 10.1 Å². The van der Waals surface area contributed by atoms with E-state index in [1.54, 1.807) is 6.07 Å². The summed E-state index contributed by atoms with van der Waals surface area (Å²) in [6, 6.07) is 4.82. The van der Waals surface area contributed by atoms with Crippen molar-refractivity contribution in [3.05, 3.63) is 29.6 Å². The fraction of sp³-hybridized carbons (Fsp3) is 0.571. The minimum absolute atomic E-state index is 0.0375. The van der Waals surface area contributed by atoms with E-state index in [9.17, 15) is 17.9 Å². The summed E-state index contributed by atoms with van der Waals surface area (Å²) < 4.78 is 42.0. The third-order valence-corrected chi connectivity index (χ3v) is 4.95. The molecule has 1 aliphatic rings. The molecular formula is C14H20FNO4S. The van der Waals surface area contributed by atoms with E-state index in [0.717, 1.165) is 5.56 Å². The second-order valence-corrected chi connectivity index (χ2v) is 7.75. The number of rotatable bonds is 5. The van der Waals surface area contributed by atoms with Crippen molar-refractivity contribution in [1.29, 1.82) is 0 Å². The van der Waals surface area contributed by atoms with Gasteiger partial charge < -0.3 is 15.2 Å². The molecule has 1 aromatic carbocycles. The van der Waals surface area contributed by atoms with Crippen LogP contribution >= 0.6 is 0 Å². The first-order valence-corrected chi connectivity index (χ1v) is 8.66. The van der Waals surface area contributed by atoms with Gasteiger partial charge in [-0.1, -0.05) is 19.9 Å². The van der Waals surface area contributed by atoms with E-state index < -0.39 is 27.9 Å². The van der Waals surface area contributed by atoms with Crippen LogP contribution in [-0.2, 0) is 16.4 Å². The Labute approximate surface area is 124 Å². The summed E-state index contributed by atoms with van der Waals surface area (Å²) in [6.45, 7) is 4.53. The highest BCUT2D eigenvalue weighted by molar-refractivity contribution is 7.91. The first kappa shape index (κ1) is 16.2. The molecule has 2 N–H and O–H groups in total. The summed E-state index contributed by atoms with van der Waals surface area (Å²) in [7, 11) is -3.31. The van der Waals surface area contributed by atoms with Gasteiger partial charge in [0.1, 0.15) is 12.2 Å². The van der Waals surface area contributed by atoms with Gasteiger partial charge >= 0.3 is 0 Å². The van der Waals surface area contributed by atoms with Gasteiger partial charge in [-0.3, -0.25) is 0 Å². The lowest BCUT2D eigenvalue weighted by molar-refractivity contribution is 0.0710. The molecule has 2 rings (SSSR count). The minimum Gasteiger partial charge on any atom is -0.484 e. The van der Waals surface area contributed by atoms with Crippen LogP contribution in [0, 0.1) is 5.82 Å². The molecule has 0 bridgehead atoms. The average Bonchev–Trinajstić information content (AvgIpc) is 2.62. The Hall–Kier alpha value is -1.18. The van der Waals surface area contributed by atoms with Gasteiger partial charge in [-0.15, -0.1) is 0 Å². The van der Waals surface area contributed by atoms with Crippen molar-refractivity contribution in [2.24, 2.45) is 0 Å². The number of aliphatic hydroxyl groups excluding tert-OH is 1. The van der Waals surface area contributed by atoms with Crippen molar-refractivity contribution in [3.63, 3.8) is 0 Å². The van der Waals surface area contributed by atoms with Crippen LogP contribution in [0.25, 0.3) is 0 Å². The van der Waals surface area contributed by atoms with Crippen molar-refractivity contribution < 1.29 is 22.7 Å². The van der Waals surface area contributed by atoms with Gasteiger partial charge in [0.2, 0.25) is 0 Å². The highest BCUT2D eigenvalue weighted by Crippen LogP contribution is 2.24. The molecular weight excluding hydrogens is 297 g/mol. The molecule has 0 saturated carbocycles. The molecule has 7 heteroatoms. The molecule has 21 heavy (non-hydrogen) atoms. The topological polar surface area (TPSA) is 75.6 Å². The fourth-order valence-corrected chi connectivity index (χ4v) is 3.81. The highest BCUT2D eigenvalue weighted by atomic mass is 32.2. The Kier molecular flexibility index (Phi) is 4.85. The summed E-state index contributed by atoms with van der Waals surface area (Å²) in [5.74, 6) is -1.22. The summed E-state index contributed by atoms with van der Waals surface area (Å²) in [5.41, 5.74) is 0.771. The summed E-state index contributed by atoms with van der Waals surface area (Å²) in [5, 5.41) is 12.8. The number of aliphatic hydroxyl groups is 1. The number of nitrogens with one attached hydrogen (secondary N) is 1. The number of benzene rings is 1. The standard InChI is InChI=1S/C14H20FNO4S/c1-9(2)16-6-10-3-4-13(11(15)5-10)20-14-8-21(18,19)7-12(14)17/h3-5,9,12,14,16-17H,6-8H2,1-2H3. The van der Waals surface area contributed by atoms with Crippen molar-refractivity contribution in [2.75, 3.05) is 11.5 Å². The van der Waals surface area contributed by atoms with Gasteiger partial charge in [-0.2, -0.15) is 0 Å². The number of ether oxygens (including phenoxy) is 1. The normalized spacial score (nSPS) is 24.4. The number of hydrogen-bond acceptors (Lipinski definition) is 5. The second-order valence-electron chi connectivity index (χ2n) is 5.60. The molecule has 0 amide bonds. The van der Waals surface area contributed by atoms with Gasteiger partial charge in [-0.25, -0.2) is 12.8 Å². The summed E-state index contributed by atoms with van der Waals surface area (Å²) in [4.78, 5) is 0. The summed E-state index contributed by atoms with van der Waals surface area (Å²) >= 11 is 0. The molecule has 0 spiro atoms.